The Morgan fingerprint density at radius 3 is 2.31 bits per heavy atom. The zero-order valence-electron chi connectivity index (χ0n) is 16.8. The largest absolute Gasteiger partial charge is 0.457 e. The molecule has 3 aromatic carbocycles. The van der Waals surface area contributed by atoms with Crippen molar-refractivity contribution in [1.29, 1.82) is 0 Å². The van der Waals surface area contributed by atoms with E-state index in [0.29, 0.717) is 17.1 Å². The maximum absolute atomic E-state index is 12.8. The van der Waals surface area contributed by atoms with Crippen LogP contribution in [0.5, 0.6) is 11.5 Å². The lowest BCUT2D eigenvalue weighted by molar-refractivity contribution is -0.137. The number of hydrogen-bond acceptors (Lipinski definition) is 4. The molecule has 0 spiro atoms. The first-order valence-electron chi connectivity index (χ1n) is 9.30. The van der Waals surface area contributed by atoms with Crippen LogP contribution in [0, 0.1) is 0 Å². The predicted molar refractivity (Wildman–Crippen MR) is 114 cm³/mol. The molecule has 0 radical (unpaired) electrons. The van der Waals surface area contributed by atoms with Gasteiger partial charge in [-0.25, -0.2) is 13.1 Å². The van der Waals surface area contributed by atoms with Crippen LogP contribution in [0.3, 0.4) is 0 Å². The highest BCUT2D eigenvalue weighted by molar-refractivity contribution is 7.88. The van der Waals surface area contributed by atoms with Crippen molar-refractivity contribution in [2.24, 2.45) is 0 Å². The van der Waals surface area contributed by atoms with E-state index in [9.17, 15) is 26.4 Å². The van der Waals surface area contributed by atoms with Gasteiger partial charge in [-0.05, 0) is 48.5 Å². The highest BCUT2D eigenvalue weighted by Gasteiger charge is 2.30. The van der Waals surface area contributed by atoms with Gasteiger partial charge in [-0.1, -0.05) is 24.3 Å². The Bertz CT molecular complexity index is 1210. The van der Waals surface area contributed by atoms with Crippen LogP contribution < -0.4 is 14.8 Å². The molecule has 0 aliphatic heterocycles. The number of amides is 1. The zero-order chi connectivity index (χ0) is 23.4. The van der Waals surface area contributed by atoms with Gasteiger partial charge in [0.15, 0.2) is 0 Å². The average molecular weight is 464 g/mol. The third-order valence-corrected chi connectivity index (χ3v) is 4.96. The number of benzene rings is 3. The van der Waals surface area contributed by atoms with Crippen molar-refractivity contribution >= 4 is 21.6 Å². The molecule has 0 aliphatic rings. The van der Waals surface area contributed by atoms with Crippen LogP contribution in [0.25, 0.3) is 0 Å². The van der Waals surface area contributed by atoms with E-state index in [0.717, 1.165) is 18.4 Å². The molecule has 0 unspecified atom stereocenters. The Morgan fingerprint density at radius 2 is 1.66 bits per heavy atom. The van der Waals surface area contributed by atoms with E-state index in [2.05, 4.69) is 10.0 Å². The van der Waals surface area contributed by atoms with E-state index >= 15 is 0 Å². The van der Waals surface area contributed by atoms with E-state index in [1.54, 1.807) is 24.3 Å². The molecular formula is C22H19F3N2O4S. The minimum absolute atomic E-state index is 0.0254. The van der Waals surface area contributed by atoms with Crippen molar-refractivity contribution in [3.05, 3.63) is 89.5 Å². The fourth-order valence-electron chi connectivity index (χ4n) is 2.74. The second-order valence-corrected chi connectivity index (χ2v) is 8.69. The number of hydrogen-bond donors (Lipinski definition) is 2. The molecular weight excluding hydrogens is 445 g/mol. The fraction of sp³-hybridized carbons (Fsp3) is 0.136. The maximum Gasteiger partial charge on any atom is 0.416 e. The molecule has 1 amide bonds. The fourth-order valence-corrected chi connectivity index (χ4v) is 3.15. The van der Waals surface area contributed by atoms with Gasteiger partial charge in [0, 0.05) is 23.4 Å². The SMILES string of the molecule is CS(=O)(=O)NCc1ccccc1Oc1ccc(C(=O)Nc2cccc(C(F)(F)F)c2)cc1. The van der Waals surface area contributed by atoms with Crippen LogP contribution in [0.1, 0.15) is 21.5 Å². The van der Waals surface area contributed by atoms with E-state index < -0.39 is 27.7 Å². The van der Waals surface area contributed by atoms with E-state index in [1.165, 1.54) is 36.4 Å². The highest BCUT2D eigenvalue weighted by Crippen LogP contribution is 2.31. The summed E-state index contributed by atoms with van der Waals surface area (Å²) in [6.07, 6.45) is -3.45. The third-order valence-electron chi connectivity index (χ3n) is 4.29. The summed E-state index contributed by atoms with van der Waals surface area (Å²) in [5.74, 6) is 0.255. The van der Waals surface area contributed by atoms with Gasteiger partial charge in [-0.3, -0.25) is 4.79 Å². The van der Waals surface area contributed by atoms with Crippen LogP contribution in [0.2, 0.25) is 0 Å². The summed E-state index contributed by atoms with van der Waals surface area (Å²) in [4.78, 5) is 12.4. The van der Waals surface area contributed by atoms with Gasteiger partial charge in [-0.2, -0.15) is 13.2 Å². The van der Waals surface area contributed by atoms with Crippen molar-refractivity contribution in [3.8, 4) is 11.5 Å². The van der Waals surface area contributed by atoms with E-state index in [4.69, 9.17) is 4.74 Å². The Labute approximate surface area is 183 Å². The lowest BCUT2D eigenvalue weighted by atomic mass is 10.1. The van der Waals surface area contributed by atoms with Gasteiger partial charge in [0.1, 0.15) is 11.5 Å². The summed E-state index contributed by atoms with van der Waals surface area (Å²) in [5, 5.41) is 2.43. The van der Waals surface area contributed by atoms with Gasteiger partial charge in [0.2, 0.25) is 10.0 Å². The lowest BCUT2D eigenvalue weighted by Gasteiger charge is -2.12. The number of carbonyl (C=O) groups excluding carboxylic acids is 1. The summed E-state index contributed by atoms with van der Waals surface area (Å²) in [6.45, 7) is 0.0481. The van der Waals surface area contributed by atoms with Gasteiger partial charge in [0.05, 0.1) is 11.8 Å². The monoisotopic (exact) mass is 464 g/mol. The minimum atomic E-state index is -4.51. The highest BCUT2D eigenvalue weighted by atomic mass is 32.2. The second kappa shape index (κ2) is 9.41. The number of para-hydroxylation sites is 1. The third kappa shape index (κ3) is 6.56. The first kappa shape index (κ1) is 23.3. The molecule has 32 heavy (non-hydrogen) atoms. The molecule has 3 rings (SSSR count). The Kier molecular flexibility index (Phi) is 6.85. The first-order chi connectivity index (χ1) is 15.0. The minimum Gasteiger partial charge on any atom is -0.457 e. The average Bonchev–Trinajstić information content (AvgIpc) is 2.72. The topological polar surface area (TPSA) is 84.5 Å². The maximum atomic E-state index is 12.8. The molecule has 6 nitrogen and oxygen atoms in total. The van der Waals surface area contributed by atoms with Crippen LogP contribution in [0.15, 0.2) is 72.8 Å². The van der Waals surface area contributed by atoms with Crippen LogP contribution in [0.4, 0.5) is 18.9 Å². The van der Waals surface area contributed by atoms with Crippen molar-refractivity contribution in [2.45, 2.75) is 12.7 Å². The molecule has 0 aliphatic carbocycles. The summed E-state index contributed by atoms with van der Waals surface area (Å²) < 4.78 is 69.3. The predicted octanol–water partition coefficient (Wildman–Crippen LogP) is 4.80. The number of ether oxygens (including phenoxy) is 1. The standard InChI is InChI=1S/C22H19F3N2O4S/c1-32(29,30)26-14-16-5-2-3-8-20(16)31-19-11-9-15(10-12-19)21(28)27-18-7-4-6-17(13-18)22(23,24)25/h2-13,26H,14H2,1H3,(H,27,28). The van der Waals surface area contributed by atoms with E-state index in [-0.39, 0.29) is 17.8 Å². The molecule has 10 heteroatoms. The molecule has 0 heterocycles. The van der Waals surface area contributed by atoms with Gasteiger partial charge in [-0.15, -0.1) is 0 Å². The summed E-state index contributed by atoms with van der Waals surface area (Å²) in [7, 11) is -3.38. The first-order valence-corrected chi connectivity index (χ1v) is 11.2. The summed E-state index contributed by atoms with van der Waals surface area (Å²) in [6, 6.07) is 17.2. The Balaban J connectivity index is 1.69. The van der Waals surface area contributed by atoms with Gasteiger partial charge < -0.3 is 10.1 Å². The molecule has 0 atom stereocenters. The van der Waals surface area contributed by atoms with Gasteiger partial charge in [0.25, 0.3) is 5.91 Å². The molecule has 0 bridgehead atoms. The van der Waals surface area contributed by atoms with Gasteiger partial charge >= 0.3 is 6.18 Å². The number of anilines is 1. The van der Waals surface area contributed by atoms with Crippen LogP contribution >= 0.6 is 0 Å². The molecule has 0 saturated heterocycles. The molecule has 0 aromatic heterocycles. The lowest BCUT2D eigenvalue weighted by Crippen LogP contribution is -2.21. The zero-order valence-corrected chi connectivity index (χ0v) is 17.6. The molecule has 168 valence electrons. The van der Waals surface area contributed by atoms with Crippen molar-refractivity contribution in [1.82, 2.24) is 4.72 Å². The summed E-state index contributed by atoms with van der Waals surface area (Å²) >= 11 is 0. The van der Waals surface area contributed by atoms with E-state index in [1.807, 2.05) is 0 Å². The second-order valence-electron chi connectivity index (χ2n) is 6.86. The number of halogens is 3. The number of rotatable bonds is 7. The summed E-state index contributed by atoms with van der Waals surface area (Å²) in [5.41, 5.74) is 0.00612. The molecule has 3 aromatic rings. The molecule has 0 fully saturated rings. The van der Waals surface area contributed by atoms with Crippen LogP contribution in [-0.2, 0) is 22.7 Å². The Morgan fingerprint density at radius 1 is 0.969 bits per heavy atom. The number of nitrogens with one attached hydrogen (secondary N) is 2. The van der Waals surface area contributed by atoms with Crippen LogP contribution in [-0.4, -0.2) is 20.6 Å². The number of sulfonamides is 1. The molecule has 0 saturated carbocycles. The Hall–Kier alpha value is -3.37. The molecule has 2 N–H and O–H groups in total. The number of carbonyl (C=O) groups is 1. The normalized spacial score (nSPS) is 11.8. The smallest absolute Gasteiger partial charge is 0.416 e. The quantitative estimate of drug-likeness (QED) is 0.526. The van der Waals surface area contributed by atoms with Crippen molar-refractivity contribution in [3.63, 3.8) is 0 Å². The van der Waals surface area contributed by atoms with Crippen molar-refractivity contribution < 1.29 is 31.1 Å². The van der Waals surface area contributed by atoms with Crippen molar-refractivity contribution in [2.75, 3.05) is 11.6 Å². The number of alkyl halides is 3.